The van der Waals surface area contributed by atoms with E-state index in [9.17, 15) is 4.79 Å². The van der Waals surface area contributed by atoms with Crippen molar-refractivity contribution in [1.82, 2.24) is 0 Å². The number of hydrogen-bond donors (Lipinski definition) is 0. The maximum atomic E-state index is 11.6. The number of Topliss-reactive ketones (excluding diaryl/α,β-unsaturated/α-hetero) is 1. The van der Waals surface area contributed by atoms with Gasteiger partial charge in [-0.05, 0) is 30.7 Å². The predicted molar refractivity (Wildman–Crippen MR) is 59.9 cm³/mol. The first kappa shape index (κ1) is 11.3. The molecule has 0 aliphatic heterocycles. The summed E-state index contributed by atoms with van der Waals surface area (Å²) < 4.78 is 0. The molecule has 1 aromatic rings. The van der Waals surface area contributed by atoms with E-state index in [-0.39, 0.29) is 5.78 Å². The number of unbranched alkanes of at least 4 members (excludes halogenated alkanes) is 2. The summed E-state index contributed by atoms with van der Waals surface area (Å²) in [6.07, 6.45) is 3.90. The summed E-state index contributed by atoms with van der Waals surface area (Å²) in [5.74, 6) is 0.218. The average Bonchev–Trinajstić information content (AvgIpc) is 2.19. The first-order valence-corrected chi connectivity index (χ1v) is 5.40. The van der Waals surface area contributed by atoms with E-state index in [0.29, 0.717) is 11.4 Å². The Bertz CT molecular complexity index is 290. The van der Waals surface area contributed by atoms with Crippen LogP contribution in [-0.4, -0.2) is 5.78 Å². The molecule has 0 radical (unpaired) electrons. The van der Waals surface area contributed by atoms with Crippen molar-refractivity contribution in [2.75, 3.05) is 0 Å². The highest BCUT2D eigenvalue weighted by Crippen LogP contribution is 2.12. The van der Waals surface area contributed by atoms with Gasteiger partial charge in [0.2, 0.25) is 0 Å². The summed E-state index contributed by atoms with van der Waals surface area (Å²) in [5.41, 5.74) is 0.769. The quantitative estimate of drug-likeness (QED) is 0.528. The van der Waals surface area contributed by atoms with Crippen molar-refractivity contribution in [3.05, 3.63) is 34.9 Å². The van der Waals surface area contributed by atoms with Gasteiger partial charge in [0, 0.05) is 17.0 Å². The van der Waals surface area contributed by atoms with Crippen molar-refractivity contribution in [3.8, 4) is 0 Å². The molecule has 0 aliphatic rings. The number of carbonyl (C=O) groups excluding carboxylic acids is 1. The molecule has 0 amide bonds. The molecule has 0 N–H and O–H groups in total. The maximum Gasteiger partial charge on any atom is 0.162 e. The van der Waals surface area contributed by atoms with Gasteiger partial charge < -0.3 is 0 Å². The van der Waals surface area contributed by atoms with Crippen LogP contribution in [0.2, 0.25) is 5.02 Å². The zero-order chi connectivity index (χ0) is 10.4. The number of carbonyl (C=O) groups is 1. The van der Waals surface area contributed by atoms with Crippen LogP contribution in [0.25, 0.3) is 0 Å². The lowest BCUT2D eigenvalue weighted by Crippen LogP contribution is -1.98. The smallest absolute Gasteiger partial charge is 0.162 e. The fourth-order valence-electron chi connectivity index (χ4n) is 1.32. The summed E-state index contributed by atoms with van der Waals surface area (Å²) in [5, 5.41) is 0.676. The Morgan fingerprint density at radius 1 is 1.21 bits per heavy atom. The monoisotopic (exact) mass is 210 g/mol. The Hall–Kier alpha value is -0.820. The average molecular weight is 211 g/mol. The molecule has 0 spiro atoms. The second-order valence-corrected chi connectivity index (χ2v) is 3.82. The van der Waals surface area contributed by atoms with Crippen LogP contribution >= 0.6 is 11.6 Å². The number of benzene rings is 1. The fourth-order valence-corrected chi connectivity index (χ4v) is 1.44. The van der Waals surface area contributed by atoms with Gasteiger partial charge in [0.25, 0.3) is 0 Å². The van der Waals surface area contributed by atoms with E-state index >= 15 is 0 Å². The Morgan fingerprint density at radius 2 is 1.86 bits per heavy atom. The van der Waals surface area contributed by atoms with E-state index in [0.717, 1.165) is 24.8 Å². The molecule has 0 saturated heterocycles. The molecular weight excluding hydrogens is 196 g/mol. The highest BCUT2D eigenvalue weighted by Gasteiger charge is 2.04. The molecule has 76 valence electrons. The molecule has 0 bridgehead atoms. The summed E-state index contributed by atoms with van der Waals surface area (Å²) in [6, 6.07) is 7.09. The molecule has 0 aliphatic carbocycles. The van der Waals surface area contributed by atoms with Crippen LogP contribution in [0, 0.1) is 0 Å². The Kier molecular flexibility index (Phi) is 4.68. The van der Waals surface area contributed by atoms with Gasteiger partial charge in [-0.15, -0.1) is 0 Å². The molecule has 0 heterocycles. The van der Waals surface area contributed by atoms with E-state index in [4.69, 9.17) is 11.6 Å². The van der Waals surface area contributed by atoms with Gasteiger partial charge in [-0.2, -0.15) is 0 Å². The van der Waals surface area contributed by atoms with Gasteiger partial charge in [-0.3, -0.25) is 4.79 Å². The second-order valence-electron chi connectivity index (χ2n) is 3.39. The van der Waals surface area contributed by atoms with E-state index in [1.807, 2.05) is 0 Å². The zero-order valence-corrected chi connectivity index (χ0v) is 9.18. The molecule has 2 heteroatoms. The molecule has 0 atom stereocenters. The third kappa shape index (κ3) is 3.51. The predicted octanol–water partition coefficient (Wildman–Crippen LogP) is 4.10. The third-order valence-electron chi connectivity index (χ3n) is 2.17. The standard InChI is InChI=1S/C12H15ClO/c1-2-3-4-5-12(14)10-6-8-11(13)9-7-10/h6-9H,2-5H2,1H3. The van der Waals surface area contributed by atoms with Gasteiger partial charge >= 0.3 is 0 Å². The highest BCUT2D eigenvalue weighted by atomic mass is 35.5. The number of hydrogen-bond acceptors (Lipinski definition) is 1. The number of ketones is 1. The van der Waals surface area contributed by atoms with Gasteiger partial charge in [-0.1, -0.05) is 31.4 Å². The summed E-state index contributed by atoms with van der Waals surface area (Å²) in [7, 11) is 0. The fraction of sp³-hybridized carbons (Fsp3) is 0.417. The lowest BCUT2D eigenvalue weighted by Gasteiger charge is -2.00. The summed E-state index contributed by atoms with van der Waals surface area (Å²) in [6.45, 7) is 2.13. The van der Waals surface area contributed by atoms with E-state index in [2.05, 4.69) is 6.92 Å². The summed E-state index contributed by atoms with van der Waals surface area (Å²) in [4.78, 5) is 11.6. The van der Waals surface area contributed by atoms with Crippen LogP contribution in [0.15, 0.2) is 24.3 Å². The minimum absolute atomic E-state index is 0.218. The van der Waals surface area contributed by atoms with Crippen molar-refractivity contribution in [1.29, 1.82) is 0 Å². The molecule has 0 aromatic heterocycles. The Labute approximate surface area is 90.1 Å². The molecule has 1 nitrogen and oxygen atoms in total. The summed E-state index contributed by atoms with van der Waals surface area (Å²) >= 11 is 5.73. The first-order valence-electron chi connectivity index (χ1n) is 5.03. The van der Waals surface area contributed by atoms with E-state index in [1.165, 1.54) is 0 Å². The van der Waals surface area contributed by atoms with Crippen LogP contribution < -0.4 is 0 Å². The van der Waals surface area contributed by atoms with Gasteiger partial charge in [0.05, 0.1) is 0 Å². The highest BCUT2D eigenvalue weighted by molar-refractivity contribution is 6.30. The van der Waals surface area contributed by atoms with Crippen molar-refractivity contribution in [2.45, 2.75) is 32.6 Å². The molecular formula is C12H15ClO. The van der Waals surface area contributed by atoms with Crippen LogP contribution in [0.1, 0.15) is 43.0 Å². The van der Waals surface area contributed by atoms with Gasteiger partial charge in [0.15, 0.2) is 5.78 Å². The van der Waals surface area contributed by atoms with Crippen LogP contribution in [0.4, 0.5) is 0 Å². The van der Waals surface area contributed by atoms with Crippen molar-refractivity contribution in [2.24, 2.45) is 0 Å². The number of halogens is 1. The topological polar surface area (TPSA) is 17.1 Å². The van der Waals surface area contributed by atoms with Crippen LogP contribution in [0.5, 0.6) is 0 Å². The van der Waals surface area contributed by atoms with Gasteiger partial charge in [0.1, 0.15) is 0 Å². The number of rotatable bonds is 5. The lowest BCUT2D eigenvalue weighted by molar-refractivity contribution is 0.0979. The normalized spacial score (nSPS) is 10.1. The third-order valence-corrected chi connectivity index (χ3v) is 2.43. The second kappa shape index (κ2) is 5.82. The Morgan fingerprint density at radius 3 is 2.43 bits per heavy atom. The zero-order valence-electron chi connectivity index (χ0n) is 8.42. The van der Waals surface area contributed by atoms with Crippen LogP contribution in [0.3, 0.4) is 0 Å². The van der Waals surface area contributed by atoms with Crippen molar-refractivity contribution in [3.63, 3.8) is 0 Å². The van der Waals surface area contributed by atoms with Crippen molar-refractivity contribution < 1.29 is 4.79 Å². The molecule has 0 fully saturated rings. The lowest BCUT2D eigenvalue weighted by atomic mass is 10.1. The SMILES string of the molecule is CCCCCC(=O)c1ccc(Cl)cc1. The minimum atomic E-state index is 0.218. The van der Waals surface area contributed by atoms with E-state index < -0.39 is 0 Å². The van der Waals surface area contributed by atoms with Gasteiger partial charge in [-0.25, -0.2) is 0 Å². The molecule has 0 unspecified atom stereocenters. The minimum Gasteiger partial charge on any atom is -0.294 e. The van der Waals surface area contributed by atoms with Crippen molar-refractivity contribution >= 4 is 17.4 Å². The molecule has 14 heavy (non-hydrogen) atoms. The largest absolute Gasteiger partial charge is 0.294 e. The van der Waals surface area contributed by atoms with E-state index in [1.54, 1.807) is 24.3 Å². The molecule has 0 saturated carbocycles. The van der Waals surface area contributed by atoms with Crippen LogP contribution in [-0.2, 0) is 0 Å². The Balaban J connectivity index is 2.48. The first-order chi connectivity index (χ1) is 6.74. The molecule has 1 aromatic carbocycles. The molecule has 1 rings (SSSR count). The maximum absolute atomic E-state index is 11.6.